The molecule has 0 unspecified atom stereocenters. The molecule has 2 rings (SSSR count). The third kappa shape index (κ3) is 1.48. The van der Waals surface area contributed by atoms with Crippen LogP contribution in [0.3, 0.4) is 0 Å². The van der Waals surface area contributed by atoms with Crippen LogP contribution in [0.4, 0.5) is 10.2 Å². The van der Waals surface area contributed by atoms with Crippen LogP contribution in [0, 0.1) is 9.39 Å². The van der Waals surface area contributed by atoms with Crippen LogP contribution >= 0.6 is 38.5 Å². The number of nitrogens with two attached hydrogens (primary N) is 1. The lowest BCUT2D eigenvalue weighted by atomic mass is 10.2. The van der Waals surface area contributed by atoms with Gasteiger partial charge in [0.2, 0.25) is 0 Å². The van der Waals surface area contributed by atoms with Gasteiger partial charge in [0.05, 0.1) is 8.04 Å². The first-order chi connectivity index (χ1) is 6.61. The van der Waals surface area contributed by atoms with Gasteiger partial charge in [0.1, 0.15) is 11.6 Å². The van der Waals surface area contributed by atoms with E-state index in [1.807, 2.05) is 6.07 Å². The summed E-state index contributed by atoms with van der Waals surface area (Å²) < 4.78 is 14.8. The first-order valence-electron chi connectivity index (χ1n) is 3.79. The SMILES string of the molecule is Nc1ncc2c(F)c(Br)ccc2c1I. The topological polar surface area (TPSA) is 38.9 Å². The van der Waals surface area contributed by atoms with Crippen molar-refractivity contribution in [3.63, 3.8) is 0 Å². The van der Waals surface area contributed by atoms with Crippen LogP contribution in [0.2, 0.25) is 0 Å². The van der Waals surface area contributed by atoms with Gasteiger partial charge in [-0.05, 0) is 44.6 Å². The zero-order valence-corrected chi connectivity index (χ0v) is 10.6. The molecule has 1 aromatic heterocycles. The molecule has 2 aromatic rings. The molecular weight excluding hydrogens is 362 g/mol. The minimum absolute atomic E-state index is 0.298. The standard InChI is InChI=1S/C9H5BrFIN2/c10-6-2-1-4-5(7(6)11)3-14-9(13)8(4)12/h1-3H,(H2,13,14). The Hall–Kier alpha value is -0.430. The maximum absolute atomic E-state index is 13.6. The second kappa shape index (κ2) is 3.62. The minimum Gasteiger partial charge on any atom is -0.383 e. The summed E-state index contributed by atoms with van der Waals surface area (Å²) in [6.07, 6.45) is 1.45. The van der Waals surface area contributed by atoms with Gasteiger partial charge in [0.15, 0.2) is 0 Å². The summed E-state index contributed by atoms with van der Waals surface area (Å²) in [6.45, 7) is 0. The van der Waals surface area contributed by atoms with Crippen LogP contribution in [0.1, 0.15) is 0 Å². The molecule has 2 nitrogen and oxygen atoms in total. The lowest BCUT2D eigenvalue weighted by molar-refractivity contribution is 0.633. The molecule has 2 N–H and O–H groups in total. The predicted molar refractivity (Wildman–Crippen MR) is 66.5 cm³/mol. The van der Waals surface area contributed by atoms with Crippen molar-refractivity contribution in [3.05, 3.63) is 32.2 Å². The Kier molecular flexibility index (Phi) is 2.61. The summed E-state index contributed by atoms with van der Waals surface area (Å²) in [7, 11) is 0. The highest BCUT2D eigenvalue weighted by Gasteiger charge is 2.09. The molecule has 72 valence electrons. The smallest absolute Gasteiger partial charge is 0.146 e. The summed E-state index contributed by atoms with van der Waals surface area (Å²) in [5.74, 6) is 0.132. The molecule has 0 saturated heterocycles. The molecular formula is C9H5BrFIN2. The molecule has 1 heterocycles. The summed E-state index contributed by atoms with van der Waals surface area (Å²) in [6, 6.07) is 3.49. The Morgan fingerprint density at radius 1 is 1.36 bits per heavy atom. The van der Waals surface area contributed by atoms with Gasteiger partial charge in [-0.1, -0.05) is 6.07 Å². The predicted octanol–water partition coefficient (Wildman–Crippen LogP) is 3.32. The lowest BCUT2D eigenvalue weighted by Crippen LogP contribution is -1.95. The van der Waals surface area contributed by atoms with Crippen molar-refractivity contribution in [1.82, 2.24) is 4.98 Å². The number of fused-ring (bicyclic) bond motifs is 1. The highest BCUT2D eigenvalue weighted by Crippen LogP contribution is 2.29. The van der Waals surface area contributed by atoms with E-state index in [1.165, 1.54) is 6.20 Å². The molecule has 0 bridgehead atoms. The first kappa shape index (κ1) is 10.1. The minimum atomic E-state index is -0.298. The monoisotopic (exact) mass is 366 g/mol. The number of nitrogens with zero attached hydrogens (tertiary/aromatic N) is 1. The Labute approximate surface area is 102 Å². The van der Waals surface area contributed by atoms with Gasteiger partial charge in [-0.15, -0.1) is 0 Å². The zero-order chi connectivity index (χ0) is 10.3. The van der Waals surface area contributed by atoms with Crippen molar-refractivity contribution in [1.29, 1.82) is 0 Å². The average Bonchev–Trinajstić information content (AvgIpc) is 2.17. The van der Waals surface area contributed by atoms with E-state index in [2.05, 4.69) is 43.5 Å². The van der Waals surface area contributed by atoms with Crippen molar-refractivity contribution >= 4 is 55.1 Å². The van der Waals surface area contributed by atoms with Crippen molar-refractivity contribution in [2.75, 3.05) is 5.73 Å². The number of aromatic nitrogens is 1. The number of benzene rings is 1. The molecule has 0 aliphatic heterocycles. The second-order valence-corrected chi connectivity index (χ2v) is 4.71. The number of hydrogen-bond donors (Lipinski definition) is 1. The molecule has 0 amide bonds. The maximum Gasteiger partial charge on any atom is 0.146 e. The number of nitrogen functional groups attached to an aromatic ring is 1. The van der Waals surface area contributed by atoms with E-state index >= 15 is 0 Å². The molecule has 0 radical (unpaired) electrons. The molecule has 5 heteroatoms. The van der Waals surface area contributed by atoms with Gasteiger partial charge in [-0.25, -0.2) is 9.37 Å². The van der Waals surface area contributed by atoms with Crippen LogP contribution in [0.25, 0.3) is 10.8 Å². The van der Waals surface area contributed by atoms with Crippen molar-refractivity contribution in [2.45, 2.75) is 0 Å². The average molecular weight is 367 g/mol. The molecule has 0 aliphatic carbocycles. The van der Waals surface area contributed by atoms with Crippen LogP contribution in [0.5, 0.6) is 0 Å². The van der Waals surface area contributed by atoms with Crippen LogP contribution in [-0.4, -0.2) is 4.98 Å². The van der Waals surface area contributed by atoms with E-state index in [4.69, 9.17) is 5.73 Å². The Balaban J connectivity index is 2.94. The zero-order valence-electron chi connectivity index (χ0n) is 6.89. The summed E-state index contributed by atoms with van der Waals surface area (Å²) in [5, 5.41) is 1.27. The molecule has 0 spiro atoms. The number of pyridine rings is 1. The normalized spacial score (nSPS) is 10.8. The number of rotatable bonds is 0. The van der Waals surface area contributed by atoms with Gasteiger partial charge in [-0.2, -0.15) is 0 Å². The molecule has 0 fully saturated rings. The fourth-order valence-corrected chi connectivity index (χ4v) is 2.17. The van der Waals surface area contributed by atoms with Gasteiger partial charge in [-0.3, -0.25) is 0 Å². The maximum atomic E-state index is 13.6. The van der Waals surface area contributed by atoms with E-state index in [0.29, 0.717) is 15.7 Å². The number of halogens is 3. The molecule has 0 aliphatic rings. The van der Waals surface area contributed by atoms with Gasteiger partial charge < -0.3 is 5.73 Å². The highest BCUT2D eigenvalue weighted by molar-refractivity contribution is 14.1. The molecule has 0 atom stereocenters. The fraction of sp³-hybridized carbons (Fsp3) is 0. The lowest BCUT2D eigenvalue weighted by Gasteiger charge is -2.04. The van der Waals surface area contributed by atoms with Crippen molar-refractivity contribution < 1.29 is 4.39 Å². The first-order valence-corrected chi connectivity index (χ1v) is 5.66. The molecule has 0 saturated carbocycles. The number of hydrogen-bond acceptors (Lipinski definition) is 2. The van der Waals surface area contributed by atoms with E-state index < -0.39 is 0 Å². The van der Waals surface area contributed by atoms with Gasteiger partial charge in [0.25, 0.3) is 0 Å². The molecule has 1 aromatic carbocycles. The van der Waals surface area contributed by atoms with Crippen molar-refractivity contribution in [3.8, 4) is 0 Å². The van der Waals surface area contributed by atoms with Crippen LogP contribution < -0.4 is 5.73 Å². The molecule has 14 heavy (non-hydrogen) atoms. The quantitative estimate of drug-likeness (QED) is 0.726. The van der Waals surface area contributed by atoms with Crippen molar-refractivity contribution in [2.24, 2.45) is 0 Å². The Morgan fingerprint density at radius 3 is 2.79 bits per heavy atom. The van der Waals surface area contributed by atoms with E-state index in [1.54, 1.807) is 6.07 Å². The van der Waals surface area contributed by atoms with Gasteiger partial charge in [0, 0.05) is 17.0 Å². The Morgan fingerprint density at radius 2 is 2.07 bits per heavy atom. The van der Waals surface area contributed by atoms with Crippen LogP contribution in [0.15, 0.2) is 22.8 Å². The van der Waals surface area contributed by atoms with Gasteiger partial charge >= 0.3 is 0 Å². The summed E-state index contributed by atoms with van der Waals surface area (Å²) in [4.78, 5) is 3.92. The summed E-state index contributed by atoms with van der Waals surface area (Å²) in [5.41, 5.74) is 5.62. The Bertz CT molecular complexity index is 468. The van der Waals surface area contributed by atoms with E-state index in [-0.39, 0.29) is 5.82 Å². The number of anilines is 1. The van der Waals surface area contributed by atoms with Crippen LogP contribution in [-0.2, 0) is 0 Å². The van der Waals surface area contributed by atoms with E-state index in [9.17, 15) is 4.39 Å². The highest BCUT2D eigenvalue weighted by atomic mass is 127. The van der Waals surface area contributed by atoms with E-state index in [0.717, 1.165) is 8.96 Å². The largest absolute Gasteiger partial charge is 0.383 e. The third-order valence-corrected chi connectivity index (χ3v) is 3.67. The third-order valence-electron chi connectivity index (χ3n) is 1.93. The summed E-state index contributed by atoms with van der Waals surface area (Å²) >= 11 is 5.18. The second-order valence-electron chi connectivity index (χ2n) is 2.78. The fourth-order valence-electron chi connectivity index (χ4n) is 1.21.